The molecule has 0 radical (unpaired) electrons. The van der Waals surface area contributed by atoms with Crippen LogP contribution in [0.2, 0.25) is 0 Å². The van der Waals surface area contributed by atoms with Gasteiger partial charge in [-0.25, -0.2) is 4.79 Å². The number of carbonyl (C=O) groups excluding carboxylic acids is 2. The number of rotatable bonds is 28. The summed E-state index contributed by atoms with van der Waals surface area (Å²) in [5.41, 5.74) is -0.425. The quantitative estimate of drug-likeness (QED) is 0.0642. The lowest BCUT2D eigenvalue weighted by Crippen LogP contribution is -2.35. The van der Waals surface area contributed by atoms with Crippen molar-refractivity contribution in [1.29, 1.82) is 0 Å². The van der Waals surface area contributed by atoms with E-state index in [0.29, 0.717) is 12.3 Å². The highest BCUT2D eigenvalue weighted by molar-refractivity contribution is 5.69. The molecule has 260 valence electrons. The number of esters is 1. The largest absolute Gasteiger partial charge is 0.469 e. The molecule has 0 aromatic heterocycles. The highest BCUT2D eigenvalue weighted by Crippen LogP contribution is 2.23. The first-order valence-corrected chi connectivity index (χ1v) is 19.0. The summed E-state index contributed by atoms with van der Waals surface area (Å²) in [4.78, 5) is 28.4. The molecule has 1 fully saturated rings. The monoisotopic (exact) mass is 623 g/mol. The van der Waals surface area contributed by atoms with Crippen molar-refractivity contribution in [3.8, 4) is 0 Å². The zero-order valence-corrected chi connectivity index (χ0v) is 30.1. The number of likely N-dealkylation sites (tertiary alicyclic amines) is 1. The Morgan fingerprint density at radius 3 is 1.59 bits per heavy atom. The topological polar surface area (TPSA) is 59.1 Å². The van der Waals surface area contributed by atoms with Crippen molar-refractivity contribution in [1.82, 2.24) is 9.80 Å². The van der Waals surface area contributed by atoms with Gasteiger partial charge in [-0.3, -0.25) is 4.79 Å². The van der Waals surface area contributed by atoms with Crippen LogP contribution in [0.15, 0.2) is 0 Å². The fraction of sp³-hybridized carbons (Fsp3) is 0.947. The first kappa shape index (κ1) is 40.7. The summed E-state index contributed by atoms with van der Waals surface area (Å²) >= 11 is 0. The van der Waals surface area contributed by atoms with Crippen LogP contribution in [0, 0.1) is 5.92 Å². The van der Waals surface area contributed by atoms with Crippen LogP contribution in [0.1, 0.15) is 182 Å². The van der Waals surface area contributed by atoms with E-state index in [1.165, 1.54) is 149 Å². The van der Waals surface area contributed by atoms with Crippen molar-refractivity contribution < 1.29 is 19.1 Å². The van der Waals surface area contributed by atoms with Gasteiger partial charge in [-0.05, 0) is 78.4 Å². The van der Waals surface area contributed by atoms with E-state index < -0.39 is 5.60 Å². The number of amides is 1. The van der Waals surface area contributed by atoms with Crippen molar-refractivity contribution in [2.75, 3.05) is 39.8 Å². The summed E-state index contributed by atoms with van der Waals surface area (Å²) in [7, 11) is 1.47. The molecule has 0 aromatic rings. The van der Waals surface area contributed by atoms with Crippen LogP contribution in [-0.4, -0.2) is 67.3 Å². The zero-order valence-electron chi connectivity index (χ0n) is 30.1. The SMILES string of the molecule is CCCCCCCCCCCCCCN(CCCCCCCCCCCC(=O)OC)CCC1CCN(C(=O)OC(C)(C)C)C1. The van der Waals surface area contributed by atoms with Crippen LogP contribution in [0.25, 0.3) is 0 Å². The van der Waals surface area contributed by atoms with Crippen molar-refractivity contribution in [2.45, 2.75) is 187 Å². The van der Waals surface area contributed by atoms with Gasteiger partial charge < -0.3 is 19.3 Å². The van der Waals surface area contributed by atoms with Gasteiger partial charge in [0.05, 0.1) is 7.11 Å². The lowest BCUT2D eigenvalue weighted by Gasteiger charge is -2.25. The Morgan fingerprint density at radius 2 is 1.14 bits per heavy atom. The van der Waals surface area contributed by atoms with E-state index in [4.69, 9.17) is 9.47 Å². The molecule has 1 atom stereocenters. The van der Waals surface area contributed by atoms with E-state index >= 15 is 0 Å². The van der Waals surface area contributed by atoms with Gasteiger partial charge in [0.25, 0.3) is 0 Å². The molecule has 1 aliphatic heterocycles. The Hall–Kier alpha value is -1.30. The minimum absolute atomic E-state index is 0.0798. The molecule has 1 rings (SSSR count). The molecule has 1 saturated heterocycles. The van der Waals surface area contributed by atoms with E-state index in [9.17, 15) is 9.59 Å². The molecular weight excluding hydrogens is 548 g/mol. The summed E-state index contributed by atoms with van der Waals surface area (Å²) < 4.78 is 10.3. The minimum Gasteiger partial charge on any atom is -0.469 e. The van der Waals surface area contributed by atoms with Gasteiger partial charge in [0.15, 0.2) is 0 Å². The molecular formula is C38H74N2O4. The molecule has 1 heterocycles. The second-order valence-corrected chi connectivity index (χ2v) is 14.6. The molecule has 44 heavy (non-hydrogen) atoms. The summed E-state index contributed by atoms with van der Waals surface area (Å²) in [6.07, 6.45) is 30.7. The number of methoxy groups -OCH3 is 1. The van der Waals surface area contributed by atoms with Crippen LogP contribution in [0.5, 0.6) is 0 Å². The first-order valence-electron chi connectivity index (χ1n) is 19.0. The third-order valence-corrected chi connectivity index (χ3v) is 9.20. The average molecular weight is 623 g/mol. The Kier molecular flexibility index (Phi) is 24.9. The Balaban J connectivity index is 2.25. The van der Waals surface area contributed by atoms with Gasteiger partial charge >= 0.3 is 12.1 Å². The Labute approximate surface area is 273 Å². The van der Waals surface area contributed by atoms with E-state index in [-0.39, 0.29) is 12.1 Å². The zero-order chi connectivity index (χ0) is 32.3. The van der Waals surface area contributed by atoms with Gasteiger partial charge in [-0.15, -0.1) is 0 Å². The van der Waals surface area contributed by atoms with Crippen molar-refractivity contribution in [2.24, 2.45) is 5.92 Å². The third kappa shape index (κ3) is 24.0. The highest BCUT2D eigenvalue weighted by Gasteiger charge is 2.29. The molecule has 1 amide bonds. The number of ether oxygens (including phenoxy) is 2. The van der Waals surface area contributed by atoms with Crippen LogP contribution in [0.4, 0.5) is 4.79 Å². The molecule has 0 aliphatic carbocycles. The summed E-state index contributed by atoms with van der Waals surface area (Å²) in [5, 5.41) is 0. The van der Waals surface area contributed by atoms with Gasteiger partial charge in [-0.1, -0.05) is 122 Å². The van der Waals surface area contributed by atoms with Gasteiger partial charge in [0.1, 0.15) is 5.60 Å². The normalized spacial score (nSPS) is 15.3. The van der Waals surface area contributed by atoms with E-state index in [2.05, 4.69) is 11.8 Å². The summed E-state index contributed by atoms with van der Waals surface area (Å²) in [6.45, 7) is 13.4. The van der Waals surface area contributed by atoms with Crippen molar-refractivity contribution >= 4 is 12.1 Å². The van der Waals surface area contributed by atoms with Crippen molar-refractivity contribution in [3.05, 3.63) is 0 Å². The Bertz CT molecular complexity index is 693. The number of unbranched alkanes of at least 4 members (excludes halogenated alkanes) is 19. The maximum Gasteiger partial charge on any atom is 0.410 e. The van der Waals surface area contributed by atoms with E-state index in [0.717, 1.165) is 38.9 Å². The standard InChI is InChI=1S/C38H74N2O4/c1-6-7-8-9-10-11-12-13-16-19-22-25-30-39(31-26-23-20-17-14-15-18-21-24-27-36(41)43-5)32-28-35-29-33-40(34-35)37(42)44-38(2,3)4/h35H,6-34H2,1-5H3. The number of carbonyl (C=O) groups is 2. The molecule has 6 heteroatoms. The second-order valence-electron chi connectivity index (χ2n) is 14.6. The van der Waals surface area contributed by atoms with E-state index in [1.807, 2.05) is 25.7 Å². The first-order chi connectivity index (χ1) is 21.2. The molecule has 6 nitrogen and oxygen atoms in total. The van der Waals surface area contributed by atoms with Crippen LogP contribution >= 0.6 is 0 Å². The molecule has 0 aromatic carbocycles. The average Bonchev–Trinajstić information content (AvgIpc) is 3.47. The van der Waals surface area contributed by atoms with Crippen molar-refractivity contribution in [3.63, 3.8) is 0 Å². The maximum atomic E-state index is 12.5. The predicted octanol–water partition coefficient (Wildman–Crippen LogP) is 10.7. The molecule has 0 bridgehead atoms. The molecule has 0 spiro atoms. The lowest BCUT2D eigenvalue weighted by atomic mass is 10.0. The van der Waals surface area contributed by atoms with E-state index in [1.54, 1.807) is 0 Å². The predicted molar refractivity (Wildman–Crippen MR) is 186 cm³/mol. The third-order valence-electron chi connectivity index (χ3n) is 9.20. The molecule has 1 aliphatic rings. The maximum absolute atomic E-state index is 12.5. The van der Waals surface area contributed by atoms with Gasteiger partial charge in [-0.2, -0.15) is 0 Å². The number of nitrogens with zero attached hydrogens (tertiary/aromatic N) is 2. The van der Waals surface area contributed by atoms with Crippen LogP contribution in [0.3, 0.4) is 0 Å². The fourth-order valence-corrected chi connectivity index (χ4v) is 6.38. The second kappa shape index (κ2) is 26.9. The van der Waals surface area contributed by atoms with Crippen LogP contribution in [-0.2, 0) is 14.3 Å². The summed E-state index contributed by atoms with van der Waals surface area (Å²) in [6, 6.07) is 0. The van der Waals surface area contributed by atoms with Crippen LogP contribution < -0.4 is 0 Å². The molecule has 0 saturated carbocycles. The highest BCUT2D eigenvalue weighted by atomic mass is 16.6. The van der Waals surface area contributed by atoms with Gasteiger partial charge in [0.2, 0.25) is 0 Å². The molecule has 1 unspecified atom stereocenters. The summed E-state index contributed by atoms with van der Waals surface area (Å²) in [5.74, 6) is 0.517. The fourth-order valence-electron chi connectivity index (χ4n) is 6.38. The number of hydrogen-bond acceptors (Lipinski definition) is 5. The minimum atomic E-state index is -0.425. The van der Waals surface area contributed by atoms with Gasteiger partial charge in [0, 0.05) is 19.5 Å². The smallest absolute Gasteiger partial charge is 0.410 e. The molecule has 0 N–H and O–H groups in total. The lowest BCUT2D eigenvalue weighted by molar-refractivity contribution is -0.140. The number of hydrogen-bond donors (Lipinski definition) is 0. The Morgan fingerprint density at radius 1 is 0.682 bits per heavy atom.